The minimum absolute atomic E-state index is 0.123. The lowest BCUT2D eigenvalue weighted by Crippen LogP contribution is -2.41. The number of unbranched alkanes of at least 4 members (excludes halogenated alkanes) is 1. The average Bonchev–Trinajstić information content (AvgIpc) is 3.57. The summed E-state index contributed by atoms with van der Waals surface area (Å²) in [5.41, 5.74) is 1.03. The van der Waals surface area contributed by atoms with Crippen LogP contribution in [-0.4, -0.2) is 37.9 Å². The van der Waals surface area contributed by atoms with Gasteiger partial charge in [-0.1, -0.05) is 18.2 Å². The van der Waals surface area contributed by atoms with E-state index in [0.29, 0.717) is 47.6 Å². The van der Waals surface area contributed by atoms with Crippen LogP contribution < -0.4 is 31.4 Å². The van der Waals surface area contributed by atoms with E-state index in [1.807, 2.05) is 12.1 Å². The minimum atomic E-state index is -0.584. The Morgan fingerprint density at radius 2 is 1.82 bits per heavy atom. The van der Waals surface area contributed by atoms with Gasteiger partial charge in [-0.15, -0.1) is 0 Å². The molecule has 2 amide bonds. The number of amides is 2. The first kappa shape index (κ1) is 25.8. The normalized spacial score (nSPS) is 12.0. The predicted octanol–water partition coefficient (Wildman–Crippen LogP) is 2.05. The van der Waals surface area contributed by atoms with E-state index in [1.54, 1.807) is 43.3 Å². The van der Waals surface area contributed by atoms with E-state index < -0.39 is 17.2 Å². The van der Waals surface area contributed by atoms with Crippen molar-refractivity contribution in [2.45, 2.75) is 45.8 Å². The van der Waals surface area contributed by atoms with Crippen LogP contribution in [-0.2, 0) is 29.2 Å². The van der Waals surface area contributed by atoms with Crippen molar-refractivity contribution in [1.29, 1.82) is 0 Å². The third-order valence-corrected chi connectivity index (χ3v) is 6.37. The number of hydrogen-bond donors (Lipinski definition) is 3. The lowest BCUT2D eigenvalue weighted by Gasteiger charge is -2.14. The van der Waals surface area contributed by atoms with Gasteiger partial charge >= 0.3 is 5.69 Å². The molecule has 202 valence electrons. The zero-order chi connectivity index (χ0) is 27.4. The van der Waals surface area contributed by atoms with Crippen LogP contribution in [0.1, 0.15) is 30.5 Å². The maximum Gasteiger partial charge on any atom is 0.331 e. The molecule has 0 bridgehead atoms. The van der Waals surface area contributed by atoms with E-state index in [2.05, 4.69) is 20.8 Å². The third kappa shape index (κ3) is 5.84. The summed E-state index contributed by atoms with van der Waals surface area (Å²) in [5.74, 6) is 1.10. The first-order valence-electron chi connectivity index (χ1n) is 12.6. The van der Waals surface area contributed by atoms with Crippen molar-refractivity contribution >= 4 is 28.5 Å². The van der Waals surface area contributed by atoms with E-state index in [-0.39, 0.29) is 32.2 Å². The number of nitrogens with zero attached hydrogens (tertiary/aromatic N) is 3. The third-order valence-electron chi connectivity index (χ3n) is 6.37. The molecule has 0 spiro atoms. The summed E-state index contributed by atoms with van der Waals surface area (Å²) in [6.07, 6.45) is 1.15. The molecule has 3 N–H and O–H groups in total. The highest BCUT2D eigenvalue weighted by Crippen LogP contribution is 2.32. The number of rotatable bonds is 10. The van der Waals surface area contributed by atoms with E-state index in [9.17, 15) is 19.2 Å². The van der Waals surface area contributed by atoms with Crippen LogP contribution in [0.5, 0.6) is 11.5 Å². The number of aryl methyl sites for hydroxylation is 1. The fourth-order valence-corrected chi connectivity index (χ4v) is 4.42. The summed E-state index contributed by atoms with van der Waals surface area (Å²) < 4.78 is 13.1. The van der Waals surface area contributed by atoms with Gasteiger partial charge in [0, 0.05) is 31.3 Å². The van der Waals surface area contributed by atoms with Crippen molar-refractivity contribution in [3.8, 4) is 11.5 Å². The molecule has 0 fully saturated rings. The van der Waals surface area contributed by atoms with Gasteiger partial charge in [0.25, 0.3) is 5.56 Å². The van der Waals surface area contributed by atoms with Gasteiger partial charge in [-0.3, -0.25) is 28.6 Å². The highest BCUT2D eigenvalue weighted by Gasteiger charge is 2.16. The Balaban J connectivity index is 1.21. The second kappa shape index (κ2) is 11.3. The SMILES string of the molecule is Cc1cc(NC(=O)Cn2c(=O)n(CCCCC(=O)NCc3ccc4c(c3)OCO4)c(=O)c3ccccc32)n[nH]1. The number of aromatic nitrogens is 4. The van der Waals surface area contributed by atoms with Gasteiger partial charge < -0.3 is 20.1 Å². The second-order valence-electron chi connectivity index (χ2n) is 9.25. The number of carbonyl (C=O) groups excluding carboxylic acids is 2. The monoisotopic (exact) mass is 532 g/mol. The fraction of sp³-hybridized carbons (Fsp3) is 0.296. The zero-order valence-corrected chi connectivity index (χ0v) is 21.4. The Morgan fingerprint density at radius 1 is 1.00 bits per heavy atom. The highest BCUT2D eigenvalue weighted by atomic mass is 16.7. The number of hydrogen-bond acceptors (Lipinski definition) is 7. The summed E-state index contributed by atoms with van der Waals surface area (Å²) in [4.78, 5) is 51.4. The number of carbonyl (C=O) groups is 2. The van der Waals surface area contributed by atoms with Crippen LogP contribution in [0.2, 0.25) is 0 Å². The van der Waals surface area contributed by atoms with Gasteiger partial charge in [-0.25, -0.2) is 4.79 Å². The molecule has 0 saturated heterocycles. The standard InChI is InChI=1S/C27H28N6O6/c1-17-12-23(31-30-17)29-25(35)15-33-20-7-3-2-6-19(20)26(36)32(27(33)37)11-5-4-8-24(34)28-14-18-9-10-21-22(13-18)39-16-38-21/h2-3,6-7,9-10,12-13H,4-5,8,11,14-16H2,1H3,(H,28,34)(H2,29,30,31,35). The van der Waals surface area contributed by atoms with Gasteiger partial charge in [0.15, 0.2) is 17.3 Å². The number of benzene rings is 2. The Morgan fingerprint density at radius 3 is 2.64 bits per heavy atom. The van der Waals surface area contributed by atoms with Crippen LogP contribution in [0.25, 0.3) is 10.9 Å². The Labute approximate surface area is 222 Å². The number of para-hydroxylation sites is 1. The molecule has 39 heavy (non-hydrogen) atoms. The molecule has 0 aliphatic carbocycles. The molecule has 12 nitrogen and oxygen atoms in total. The van der Waals surface area contributed by atoms with Gasteiger partial charge in [0.2, 0.25) is 18.6 Å². The van der Waals surface area contributed by atoms with Crippen LogP contribution >= 0.6 is 0 Å². The summed E-state index contributed by atoms with van der Waals surface area (Å²) >= 11 is 0. The summed E-state index contributed by atoms with van der Waals surface area (Å²) in [7, 11) is 0. The number of nitrogens with one attached hydrogen (secondary N) is 3. The molecular formula is C27H28N6O6. The molecule has 2 aromatic carbocycles. The van der Waals surface area contributed by atoms with Crippen molar-refractivity contribution < 1.29 is 19.1 Å². The van der Waals surface area contributed by atoms with E-state index >= 15 is 0 Å². The predicted molar refractivity (Wildman–Crippen MR) is 143 cm³/mol. The van der Waals surface area contributed by atoms with E-state index in [4.69, 9.17) is 9.47 Å². The van der Waals surface area contributed by atoms with Crippen LogP contribution in [0.4, 0.5) is 5.82 Å². The zero-order valence-electron chi connectivity index (χ0n) is 21.4. The van der Waals surface area contributed by atoms with Crippen LogP contribution in [0.3, 0.4) is 0 Å². The Bertz CT molecular complexity index is 1650. The number of fused-ring (bicyclic) bond motifs is 2. The van der Waals surface area contributed by atoms with E-state index in [0.717, 1.165) is 15.8 Å². The first-order chi connectivity index (χ1) is 18.9. The van der Waals surface area contributed by atoms with Gasteiger partial charge in [0.05, 0.1) is 10.9 Å². The quantitative estimate of drug-likeness (QED) is 0.265. The number of H-pyrrole nitrogens is 1. The van der Waals surface area contributed by atoms with Crippen molar-refractivity contribution in [1.82, 2.24) is 24.6 Å². The molecule has 1 aliphatic heterocycles. The lowest BCUT2D eigenvalue weighted by molar-refractivity contribution is -0.121. The molecule has 0 unspecified atom stereocenters. The molecular weight excluding hydrogens is 504 g/mol. The number of anilines is 1. The first-order valence-corrected chi connectivity index (χ1v) is 12.6. The molecule has 0 saturated carbocycles. The summed E-state index contributed by atoms with van der Waals surface area (Å²) in [6, 6.07) is 13.8. The Hall–Kier alpha value is -4.87. The molecule has 0 radical (unpaired) electrons. The van der Waals surface area contributed by atoms with Gasteiger partial charge in [0.1, 0.15) is 6.54 Å². The highest BCUT2D eigenvalue weighted by molar-refractivity contribution is 5.90. The van der Waals surface area contributed by atoms with Gasteiger partial charge in [-0.2, -0.15) is 5.10 Å². The fourth-order valence-electron chi connectivity index (χ4n) is 4.42. The number of aromatic amines is 1. The lowest BCUT2D eigenvalue weighted by atomic mass is 10.2. The Kier molecular flexibility index (Phi) is 7.43. The molecule has 1 aliphatic rings. The average molecular weight is 533 g/mol. The largest absolute Gasteiger partial charge is 0.454 e. The van der Waals surface area contributed by atoms with Crippen LogP contribution in [0.15, 0.2) is 58.1 Å². The van der Waals surface area contributed by atoms with Crippen molar-refractivity contribution in [3.63, 3.8) is 0 Å². The molecule has 4 aromatic rings. The maximum absolute atomic E-state index is 13.3. The van der Waals surface area contributed by atoms with Crippen molar-refractivity contribution in [2.75, 3.05) is 12.1 Å². The van der Waals surface area contributed by atoms with Gasteiger partial charge in [-0.05, 0) is 49.6 Å². The summed E-state index contributed by atoms with van der Waals surface area (Å²) in [6.45, 7) is 2.18. The molecule has 2 aromatic heterocycles. The molecule has 5 rings (SSSR count). The molecule has 3 heterocycles. The van der Waals surface area contributed by atoms with Crippen molar-refractivity contribution in [3.05, 3.63) is 80.6 Å². The topological polar surface area (TPSA) is 149 Å². The van der Waals surface area contributed by atoms with Crippen LogP contribution in [0, 0.1) is 6.92 Å². The molecule has 0 atom stereocenters. The molecule has 12 heteroatoms. The van der Waals surface area contributed by atoms with E-state index in [1.165, 1.54) is 4.57 Å². The maximum atomic E-state index is 13.3. The number of ether oxygens (including phenoxy) is 2. The smallest absolute Gasteiger partial charge is 0.331 e. The summed E-state index contributed by atoms with van der Waals surface area (Å²) in [5, 5.41) is 12.6. The van der Waals surface area contributed by atoms with Crippen molar-refractivity contribution in [2.24, 2.45) is 0 Å². The second-order valence-corrected chi connectivity index (χ2v) is 9.25. The minimum Gasteiger partial charge on any atom is -0.454 e.